The molecule has 0 N–H and O–H groups in total. The highest BCUT2D eigenvalue weighted by Crippen LogP contribution is 2.26. The first-order valence-corrected chi connectivity index (χ1v) is 7.42. The topological polar surface area (TPSA) is 56.5 Å². The summed E-state index contributed by atoms with van der Waals surface area (Å²) < 4.78 is 76.7. The lowest BCUT2D eigenvalue weighted by Crippen LogP contribution is -2.11. The van der Waals surface area contributed by atoms with Crippen molar-refractivity contribution in [3.05, 3.63) is 74.9 Å². The molecule has 0 aliphatic heterocycles. The van der Waals surface area contributed by atoms with E-state index < -0.39 is 52.7 Å². The maximum atomic E-state index is 13.6. The molecule has 0 aliphatic carbocycles. The first-order valence-electron chi connectivity index (χ1n) is 7.42. The molecule has 0 spiro atoms. The molecule has 0 radical (unpaired) electrons. The van der Waals surface area contributed by atoms with Crippen molar-refractivity contribution in [2.75, 3.05) is 0 Å². The van der Waals surface area contributed by atoms with Gasteiger partial charge in [-0.25, -0.2) is 26.7 Å². The van der Waals surface area contributed by atoms with Gasteiger partial charge in [0.25, 0.3) is 0 Å². The first kappa shape index (κ1) is 18.6. The Kier molecular flexibility index (Phi) is 4.69. The van der Waals surface area contributed by atoms with Crippen molar-refractivity contribution in [3.8, 4) is 5.75 Å². The molecular weight excluding hydrogens is 375 g/mol. The van der Waals surface area contributed by atoms with Crippen LogP contribution in [0.2, 0.25) is 0 Å². The number of benzene rings is 2. The highest BCUT2D eigenvalue weighted by Gasteiger charge is 2.26. The van der Waals surface area contributed by atoms with Gasteiger partial charge in [-0.2, -0.15) is 0 Å². The number of ether oxygens (including phenoxy) is 1. The van der Waals surface area contributed by atoms with Gasteiger partial charge in [-0.05, 0) is 25.1 Å². The highest BCUT2D eigenvalue weighted by atomic mass is 19.2. The van der Waals surface area contributed by atoms with Crippen LogP contribution in [-0.2, 0) is 6.61 Å². The van der Waals surface area contributed by atoms with Crippen LogP contribution in [0.15, 0.2) is 33.5 Å². The Balaban J connectivity index is 1.94. The van der Waals surface area contributed by atoms with Gasteiger partial charge < -0.3 is 9.15 Å². The molecule has 1 aromatic heterocycles. The van der Waals surface area contributed by atoms with Crippen LogP contribution < -0.4 is 10.4 Å². The minimum atomic E-state index is -2.26. The van der Waals surface area contributed by atoms with Gasteiger partial charge in [0.2, 0.25) is 5.82 Å². The van der Waals surface area contributed by atoms with E-state index in [4.69, 9.17) is 9.15 Å². The SMILES string of the molecule is CC(=O)c1cc2ccc(OCc3c(F)c(F)c(F)c(F)c3F)cc2oc1=O. The molecule has 4 nitrogen and oxygen atoms in total. The molecule has 0 saturated carbocycles. The molecule has 3 rings (SSSR count). The molecule has 140 valence electrons. The maximum Gasteiger partial charge on any atom is 0.347 e. The monoisotopic (exact) mass is 384 g/mol. The van der Waals surface area contributed by atoms with E-state index in [1.54, 1.807) is 0 Å². The van der Waals surface area contributed by atoms with Gasteiger partial charge in [-0.15, -0.1) is 0 Å². The summed E-state index contributed by atoms with van der Waals surface area (Å²) in [7, 11) is 0. The summed E-state index contributed by atoms with van der Waals surface area (Å²) in [4.78, 5) is 23.1. The fourth-order valence-electron chi connectivity index (χ4n) is 2.36. The summed E-state index contributed by atoms with van der Waals surface area (Å²) in [6, 6.07) is 5.21. The lowest BCUT2D eigenvalue weighted by molar-refractivity contribution is 0.101. The van der Waals surface area contributed by atoms with E-state index in [0.29, 0.717) is 5.39 Å². The van der Waals surface area contributed by atoms with Gasteiger partial charge in [-0.1, -0.05) is 0 Å². The molecule has 0 aliphatic rings. The lowest BCUT2D eigenvalue weighted by atomic mass is 10.1. The normalized spacial score (nSPS) is 11.0. The molecule has 0 unspecified atom stereocenters. The van der Waals surface area contributed by atoms with Crippen molar-refractivity contribution >= 4 is 16.8 Å². The minimum absolute atomic E-state index is 0.0138. The summed E-state index contributed by atoms with van der Waals surface area (Å²) in [6.07, 6.45) is 0. The Bertz CT molecular complexity index is 1110. The van der Waals surface area contributed by atoms with E-state index in [-0.39, 0.29) is 16.9 Å². The summed E-state index contributed by atoms with van der Waals surface area (Å²) in [5.41, 5.74) is -2.16. The molecule has 0 atom stereocenters. The van der Waals surface area contributed by atoms with Gasteiger partial charge in [0.05, 0.1) is 5.56 Å². The van der Waals surface area contributed by atoms with Crippen LogP contribution in [0.25, 0.3) is 11.0 Å². The number of carbonyl (C=O) groups excluding carboxylic acids is 1. The molecule has 0 amide bonds. The minimum Gasteiger partial charge on any atom is -0.489 e. The zero-order valence-corrected chi connectivity index (χ0v) is 13.5. The largest absolute Gasteiger partial charge is 0.489 e. The summed E-state index contributed by atoms with van der Waals surface area (Å²) in [6.45, 7) is 0.243. The predicted octanol–water partition coefficient (Wildman–Crippen LogP) is 4.27. The molecule has 1 heterocycles. The van der Waals surface area contributed by atoms with Gasteiger partial charge >= 0.3 is 5.63 Å². The average Bonchev–Trinajstić information content (AvgIpc) is 2.63. The van der Waals surface area contributed by atoms with Crippen LogP contribution in [0.3, 0.4) is 0 Å². The van der Waals surface area contributed by atoms with Crippen LogP contribution >= 0.6 is 0 Å². The third kappa shape index (κ3) is 3.27. The number of hydrogen-bond acceptors (Lipinski definition) is 4. The maximum absolute atomic E-state index is 13.6. The second-order valence-electron chi connectivity index (χ2n) is 5.54. The highest BCUT2D eigenvalue weighted by molar-refractivity contribution is 5.96. The second kappa shape index (κ2) is 6.82. The first-order chi connectivity index (χ1) is 12.7. The Labute approximate surface area is 147 Å². The van der Waals surface area contributed by atoms with E-state index in [2.05, 4.69) is 0 Å². The summed E-state index contributed by atoms with van der Waals surface area (Å²) >= 11 is 0. The predicted molar refractivity (Wildman–Crippen MR) is 83.1 cm³/mol. The lowest BCUT2D eigenvalue weighted by Gasteiger charge is -2.10. The van der Waals surface area contributed by atoms with Crippen LogP contribution in [0, 0.1) is 29.1 Å². The standard InChI is InChI=1S/C18H9F5O4/c1-7(24)10-4-8-2-3-9(5-12(8)27-18(10)25)26-6-11-13(19)15(21)17(23)16(22)14(11)20/h2-5H,6H2,1H3. The van der Waals surface area contributed by atoms with Crippen molar-refractivity contribution in [2.24, 2.45) is 0 Å². The molecular formula is C18H9F5O4. The fraction of sp³-hybridized carbons (Fsp3) is 0.111. The summed E-state index contributed by atoms with van der Waals surface area (Å²) in [5, 5.41) is 0.378. The van der Waals surface area contributed by atoms with Crippen LogP contribution in [0.4, 0.5) is 22.0 Å². The third-order valence-corrected chi connectivity index (χ3v) is 3.77. The van der Waals surface area contributed by atoms with E-state index in [9.17, 15) is 31.5 Å². The van der Waals surface area contributed by atoms with Gasteiger partial charge in [-0.3, -0.25) is 4.79 Å². The van der Waals surface area contributed by atoms with Crippen molar-refractivity contribution in [2.45, 2.75) is 13.5 Å². The molecule has 27 heavy (non-hydrogen) atoms. The molecule has 2 aromatic carbocycles. The average molecular weight is 384 g/mol. The smallest absolute Gasteiger partial charge is 0.347 e. The Morgan fingerprint density at radius 2 is 1.56 bits per heavy atom. The Morgan fingerprint density at radius 1 is 0.963 bits per heavy atom. The molecule has 0 saturated heterocycles. The Morgan fingerprint density at radius 3 is 2.15 bits per heavy atom. The third-order valence-electron chi connectivity index (χ3n) is 3.77. The van der Waals surface area contributed by atoms with Crippen molar-refractivity contribution < 1.29 is 35.9 Å². The van der Waals surface area contributed by atoms with Crippen molar-refractivity contribution in [1.82, 2.24) is 0 Å². The van der Waals surface area contributed by atoms with E-state index in [0.717, 1.165) is 0 Å². The van der Waals surface area contributed by atoms with Crippen LogP contribution in [-0.4, -0.2) is 5.78 Å². The van der Waals surface area contributed by atoms with Crippen molar-refractivity contribution in [1.29, 1.82) is 0 Å². The number of ketones is 1. The number of rotatable bonds is 4. The number of Topliss-reactive ketones (excluding diaryl/α,β-unsaturated/α-hetero) is 1. The molecule has 9 heteroatoms. The van der Waals surface area contributed by atoms with Gasteiger partial charge in [0.15, 0.2) is 29.1 Å². The zero-order valence-electron chi connectivity index (χ0n) is 13.5. The number of fused-ring (bicyclic) bond motifs is 1. The van der Waals surface area contributed by atoms with Crippen LogP contribution in [0.5, 0.6) is 5.75 Å². The van der Waals surface area contributed by atoms with Gasteiger partial charge in [0.1, 0.15) is 23.5 Å². The molecule has 3 aromatic rings. The van der Waals surface area contributed by atoms with E-state index in [1.807, 2.05) is 0 Å². The fourth-order valence-corrected chi connectivity index (χ4v) is 2.36. The van der Waals surface area contributed by atoms with Gasteiger partial charge in [0, 0.05) is 11.5 Å². The van der Waals surface area contributed by atoms with Crippen LogP contribution in [0.1, 0.15) is 22.8 Å². The summed E-state index contributed by atoms with van der Waals surface area (Å²) in [5.74, 6) is -10.9. The number of halogens is 5. The zero-order chi connectivity index (χ0) is 19.9. The molecule has 0 fully saturated rings. The van der Waals surface area contributed by atoms with E-state index in [1.165, 1.54) is 31.2 Å². The van der Waals surface area contributed by atoms with Crippen molar-refractivity contribution in [3.63, 3.8) is 0 Å². The quantitative estimate of drug-likeness (QED) is 0.222. The van der Waals surface area contributed by atoms with E-state index >= 15 is 0 Å². The Hall–Kier alpha value is -3.23. The molecule has 0 bridgehead atoms. The second-order valence-corrected chi connectivity index (χ2v) is 5.54. The number of hydrogen-bond donors (Lipinski definition) is 0. The number of carbonyl (C=O) groups is 1.